The van der Waals surface area contributed by atoms with Gasteiger partial charge in [-0.3, -0.25) is 13.9 Å². The Morgan fingerprint density at radius 1 is 1.32 bits per heavy atom. The topological polar surface area (TPSA) is 164 Å². The second kappa shape index (κ2) is 11.7. The first-order valence-corrected chi connectivity index (χ1v) is 12.8. The number of carbonyl (C=O) groups excluding carboxylic acids is 1. The van der Waals surface area contributed by atoms with E-state index in [1.807, 2.05) is 0 Å². The lowest BCUT2D eigenvalue weighted by molar-refractivity contribution is -0.149. The van der Waals surface area contributed by atoms with Crippen molar-refractivity contribution in [3.05, 3.63) is 53.1 Å². The summed E-state index contributed by atoms with van der Waals surface area (Å²) in [6.45, 7) is 2.11. The summed E-state index contributed by atoms with van der Waals surface area (Å²) >= 11 is 0. The van der Waals surface area contributed by atoms with E-state index in [0.717, 1.165) is 6.20 Å². The van der Waals surface area contributed by atoms with Gasteiger partial charge in [0.05, 0.1) is 12.7 Å². The van der Waals surface area contributed by atoms with E-state index in [1.54, 1.807) is 32.0 Å². The molecule has 204 valence electrons. The smallest absolute Gasteiger partial charge is 0.459 e. The lowest BCUT2D eigenvalue weighted by atomic mass is 9.98. The molecule has 4 N–H and O–H groups in total. The number of esters is 1. The number of para-hydroxylation sites is 1. The number of nitrogens with two attached hydrogens (primary N) is 1. The van der Waals surface area contributed by atoms with Crippen LogP contribution in [0.4, 0.5) is 14.6 Å². The average Bonchev–Trinajstić information content (AvgIpc) is 3.08. The summed E-state index contributed by atoms with van der Waals surface area (Å²) < 4.78 is 65.0. The summed E-state index contributed by atoms with van der Waals surface area (Å²) in [6, 6.07) is 7.74. The van der Waals surface area contributed by atoms with Crippen molar-refractivity contribution in [3.8, 4) is 5.75 Å². The molecule has 6 atom stereocenters. The van der Waals surface area contributed by atoms with Crippen molar-refractivity contribution in [3.63, 3.8) is 0 Å². The average molecular weight is 546 g/mol. The summed E-state index contributed by atoms with van der Waals surface area (Å²) in [5.74, 6) is -0.830. The number of alkyl halides is 2. The summed E-state index contributed by atoms with van der Waals surface area (Å²) in [5.41, 5.74) is 2.06. The Morgan fingerprint density at radius 2 is 2.00 bits per heavy atom. The van der Waals surface area contributed by atoms with Crippen LogP contribution in [0.2, 0.25) is 0 Å². The maximum Gasteiger partial charge on any atom is 0.459 e. The Labute approximate surface area is 211 Å². The largest absolute Gasteiger partial charge is 0.462 e. The van der Waals surface area contributed by atoms with E-state index in [-0.39, 0.29) is 11.6 Å². The number of nitrogens with one attached hydrogen (secondary N) is 1. The molecule has 1 aliphatic rings. The van der Waals surface area contributed by atoms with E-state index in [0.29, 0.717) is 4.57 Å². The fourth-order valence-electron chi connectivity index (χ4n) is 3.45. The van der Waals surface area contributed by atoms with Crippen molar-refractivity contribution >= 4 is 19.5 Å². The first-order valence-electron chi connectivity index (χ1n) is 11.3. The molecule has 2 aromatic rings. The quantitative estimate of drug-likeness (QED) is 0.278. The van der Waals surface area contributed by atoms with Crippen LogP contribution in [0, 0.1) is 0 Å². The van der Waals surface area contributed by atoms with Crippen LogP contribution in [0.5, 0.6) is 5.75 Å². The van der Waals surface area contributed by atoms with Crippen molar-refractivity contribution in [1.82, 2.24) is 14.6 Å². The number of hydrogen-bond donors (Lipinski definition) is 3. The number of nitrogens with zero attached hydrogens (tertiary/aromatic N) is 2. The molecule has 1 unspecified atom stereocenters. The zero-order valence-electron chi connectivity index (χ0n) is 20.3. The van der Waals surface area contributed by atoms with Crippen molar-refractivity contribution in [1.29, 1.82) is 0 Å². The minimum absolute atomic E-state index is 0.0747. The summed E-state index contributed by atoms with van der Waals surface area (Å²) in [5, 5.41) is 12.9. The fourth-order valence-corrected chi connectivity index (χ4v) is 5.00. The van der Waals surface area contributed by atoms with Crippen molar-refractivity contribution < 1.29 is 41.8 Å². The Balaban J connectivity index is 1.85. The number of nitrogen functional groups attached to an aromatic ring is 1. The molecule has 0 saturated carbocycles. The SMILES string of the molecule is CC(C)OC(=O)[C@H](C)NP(=O)(OC[C@@]1(CF)O[C@@H](n2ccc(N)nc2=O)[C@@H](F)[C@@H]1O)Oc1ccccc1. The van der Waals surface area contributed by atoms with Crippen molar-refractivity contribution in [2.24, 2.45) is 0 Å². The number of ether oxygens (including phenoxy) is 2. The van der Waals surface area contributed by atoms with Crippen LogP contribution in [-0.4, -0.2) is 63.9 Å². The van der Waals surface area contributed by atoms with Gasteiger partial charge in [0.1, 0.15) is 30.4 Å². The molecule has 1 aliphatic heterocycles. The summed E-state index contributed by atoms with van der Waals surface area (Å²) in [6.07, 6.45) is -5.59. The van der Waals surface area contributed by atoms with Gasteiger partial charge in [-0.15, -0.1) is 0 Å². The first-order chi connectivity index (χ1) is 17.4. The molecule has 0 radical (unpaired) electrons. The highest BCUT2D eigenvalue weighted by Crippen LogP contribution is 2.48. The number of aliphatic hydroxyl groups is 1. The molecule has 3 rings (SSSR count). The van der Waals surface area contributed by atoms with Crippen molar-refractivity contribution in [2.75, 3.05) is 19.0 Å². The molecule has 1 saturated heterocycles. The predicted octanol–water partition coefficient (Wildman–Crippen LogP) is 1.89. The number of aliphatic hydroxyl groups excluding tert-OH is 1. The van der Waals surface area contributed by atoms with E-state index >= 15 is 4.39 Å². The number of halogens is 2. The highest BCUT2D eigenvalue weighted by atomic mass is 31.2. The summed E-state index contributed by atoms with van der Waals surface area (Å²) in [4.78, 5) is 27.9. The van der Waals surface area contributed by atoms with Gasteiger partial charge < -0.3 is 24.8 Å². The zero-order valence-corrected chi connectivity index (χ0v) is 21.2. The molecule has 0 amide bonds. The fraction of sp³-hybridized carbons (Fsp3) is 0.500. The third kappa shape index (κ3) is 6.70. The molecule has 37 heavy (non-hydrogen) atoms. The van der Waals surface area contributed by atoms with Gasteiger partial charge >= 0.3 is 19.4 Å². The number of benzene rings is 1. The van der Waals surface area contributed by atoms with Crippen LogP contribution in [0.15, 0.2) is 47.4 Å². The van der Waals surface area contributed by atoms with Gasteiger partial charge in [0, 0.05) is 6.20 Å². The van der Waals surface area contributed by atoms with Gasteiger partial charge in [-0.1, -0.05) is 18.2 Å². The number of anilines is 1. The second-order valence-corrected chi connectivity index (χ2v) is 10.3. The van der Waals surface area contributed by atoms with Gasteiger partial charge in [-0.25, -0.2) is 18.1 Å². The lowest BCUT2D eigenvalue weighted by Crippen LogP contribution is -2.48. The molecule has 1 aromatic carbocycles. The Kier molecular flexibility index (Phi) is 9.03. The van der Waals surface area contributed by atoms with Gasteiger partial charge in [-0.2, -0.15) is 10.1 Å². The molecule has 0 bridgehead atoms. The molecule has 0 spiro atoms. The molecule has 1 aromatic heterocycles. The molecule has 12 nitrogen and oxygen atoms in total. The van der Waals surface area contributed by atoms with E-state index < -0.39 is 68.9 Å². The Bertz CT molecular complexity index is 1190. The zero-order chi connectivity index (χ0) is 27.4. The predicted molar refractivity (Wildman–Crippen MR) is 127 cm³/mol. The van der Waals surface area contributed by atoms with Crippen LogP contribution in [-0.2, 0) is 23.4 Å². The molecular weight excluding hydrogens is 517 g/mol. The second-order valence-electron chi connectivity index (χ2n) is 8.65. The lowest BCUT2D eigenvalue weighted by Gasteiger charge is -2.31. The molecule has 15 heteroatoms. The number of hydrogen-bond acceptors (Lipinski definition) is 10. The summed E-state index contributed by atoms with van der Waals surface area (Å²) in [7, 11) is -4.49. The highest BCUT2D eigenvalue weighted by molar-refractivity contribution is 7.52. The van der Waals surface area contributed by atoms with E-state index in [4.69, 9.17) is 24.3 Å². The first kappa shape index (κ1) is 28.7. The number of carbonyl (C=O) groups is 1. The highest BCUT2D eigenvalue weighted by Gasteiger charge is 2.57. The van der Waals surface area contributed by atoms with Crippen LogP contribution in [0.25, 0.3) is 0 Å². The molecule has 0 aliphatic carbocycles. The molecule has 1 fully saturated rings. The van der Waals surface area contributed by atoms with Gasteiger partial charge in [-0.05, 0) is 39.0 Å². The Morgan fingerprint density at radius 3 is 2.59 bits per heavy atom. The van der Waals surface area contributed by atoms with E-state index in [9.17, 15) is 23.7 Å². The third-order valence-corrected chi connectivity index (χ3v) is 6.95. The minimum Gasteiger partial charge on any atom is -0.462 e. The molecular formula is C22H29F2N4O8P. The van der Waals surface area contributed by atoms with E-state index in [1.165, 1.54) is 25.1 Å². The minimum atomic E-state index is -4.49. The standard InChI is InChI=1S/C22H29F2N4O8P/c1-13(2)34-20(30)14(3)27-37(32,36-15-7-5-4-6-8-15)33-12-22(11-23)18(29)17(24)19(35-22)28-10-9-16(25)26-21(28)31/h4-10,13-14,17-19,29H,11-12H2,1-3H3,(H,27,32)(H2,25,26,31)/t14-,17-,18-,19+,22+,37?/m0/s1. The number of aromatic nitrogens is 2. The van der Waals surface area contributed by atoms with Crippen LogP contribution >= 0.6 is 7.75 Å². The normalized spacial score (nSPS) is 26.0. The van der Waals surface area contributed by atoms with E-state index in [2.05, 4.69) is 10.1 Å². The molecule has 2 heterocycles. The number of rotatable bonds is 11. The van der Waals surface area contributed by atoms with Crippen molar-refractivity contribution in [2.45, 2.75) is 57.0 Å². The maximum absolute atomic E-state index is 15.0. The monoisotopic (exact) mass is 546 g/mol. The maximum atomic E-state index is 15.0. The third-order valence-electron chi connectivity index (χ3n) is 5.33. The van der Waals surface area contributed by atoms with Crippen LogP contribution in [0.3, 0.4) is 0 Å². The van der Waals surface area contributed by atoms with Gasteiger partial charge in [0.15, 0.2) is 18.0 Å². The van der Waals surface area contributed by atoms with Crippen LogP contribution in [0.1, 0.15) is 27.0 Å². The van der Waals surface area contributed by atoms with Gasteiger partial charge in [0.25, 0.3) is 0 Å². The Hall–Kier alpha value is -2.90. The van der Waals surface area contributed by atoms with Crippen LogP contribution < -0.4 is 21.0 Å². The van der Waals surface area contributed by atoms with Gasteiger partial charge in [0.2, 0.25) is 0 Å².